The molecule has 9 heteroatoms. The number of rotatable bonds is 14. The molecule has 0 aliphatic rings. The Labute approximate surface area is 280 Å². The summed E-state index contributed by atoms with van der Waals surface area (Å²) in [7, 11) is -4.01. The second-order valence-electron chi connectivity index (χ2n) is 11.4. The molecule has 5 aromatic rings. The Hall–Kier alpha value is -4.47. The van der Waals surface area contributed by atoms with E-state index in [-0.39, 0.29) is 27.7 Å². The van der Waals surface area contributed by atoms with Gasteiger partial charge in [-0.2, -0.15) is 0 Å². The first kappa shape index (κ1) is 33.9. The van der Waals surface area contributed by atoms with Crippen LogP contribution in [0.2, 0.25) is 5.02 Å². The molecular formula is C38H36ClNO6S. The van der Waals surface area contributed by atoms with Crippen molar-refractivity contribution in [2.24, 2.45) is 0 Å². The number of ether oxygens (including phenoxy) is 1. The second kappa shape index (κ2) is 15.4. The molecule has 5 rings (SSSR count). The zero-order chi connectivity index (χ0) is 33.4. The molecule has 0 aromatic heterocycles. The Balaban J connectivity index is 1.30. The zero-order valence-electron chi connectivity index (χ0n) is 25.9. The van der Waals surface area contributed by atoms with Gasteiger partial charge in [0.1, 0.15) is 17.9 Å². The van der Waals surface area contributed by atoms with E-state index in [9.17, 15) is 23.4 Å². The van der Waals surface area contributed by atoms with Crippen LogP contribution in [-0.2, 0) is 29.4 Å². The number of nitrogens with zero attached hydrogens (tertiary/aromatic N) is 1. The summed E-state index contributed by atoms with van der Waals surface area (Å²) in [5.41, 5.74) is 3.83. The van der Waals surface area contributed by atoms with Gasteiger partial charge in [0.2, 0.25) is 9.84 Å². The second-order valence-corrected chi connectivity index (χ2v) is 13.8. The Morgan fingerprint density at radius 1 is 0.809 bits per heavy atom. The van der Waals surface area contributed by atoms with Gasteiger partial charge in [-0.1, -0.05) is 96.5 Å². The molecule has 1 atom stereocenters. The van der Waals surface area contributed by atoms with E-state index in [1.54, 1.807) is 43.3 Å². The summed E-state index contributed by atoms with van der Waals surface area (Å²) in [6.07, 6.45) is -0.121. The summed E-state index contributed by atoms with van der Waals surface area (Å²) in [4.78, 5) is 14.3. The SMILES string of the molecule is Cc1cc(S(=O)(=O)c2ccc(CCN(Cc3ccccc3)C[C@H](O)c3cccc(Cl)c3)cc2)cc(C(=O)O)c1OCc1ccccc1. The fraction of sp³-hybridized carbons (Fsp3) is 0.184. The molecule has 2 N–H and O–H groups in total. The highest BCUT2D eigenvalue weighted by Crippen LogP contribution is 2.31. The molecule has 0 aliphatic heterocycles. The third-order valence-electron chi connectivity index (χ3n) is 7.88. The van der Waals surface area contributed by atoms with Crippen LogP contribution in [0, 0.1) is 6.92 Å². The third kappa shape index (κ3) is 8.87. The highest BCUT2D eigenvalue weighted by molar-refractivity contribution is 7.91. The molecule has 0 heterocycles. The highest BCUT2D eigenvalue weighted by atomic mass is 35.5. The van der Waals surface area contributed by atoms with Crippen molar-refractivity contribution in [1.82, 2.24) is 4.90 Å². The lowest BCUT2D eigenvalue weighted by molar-refractivity contribution is 0.0691. The summed E-state index contributed by atoms with van der Waals surface area (Å²) >= 11 is 6.15. The Bertz CT molecular complexity index is 1920. The van der Waals surface area contributed by atoms with Gasteiger partial charge in [0.05, 0.1) is 15.9 Å². The number of aliphatic hydroxyl groups excluding tert-OH is 1. The van der Waals surface area contributed by atoms with E-state index < -0.39 is 21.9 Å². The van der Waals surface area contributed by atoms with Gasteiger partial charge in [-0.25, -0.2) is 13.2 Å². The molecular weight excluding hydrogens is 634 g/mol. The van der Waals surface area contributed by atoms with Crippen LogP contribution >= 0.6 is 11.6 Å². The lowest BCUT2D eigenvalue weighted by Crippen LogP contribution is -2.30. The number of aliphatic hydroxyl groups is 1. The first-order valence-electron chi connectivity index (χ1n) is 15.2. The number of benzene rings is 5. The van der Waals surface area contributed by atoms with Crippen LogP contribution in [0.5, 0.6) is 5.75 Å². The van der Waals surface area contributed by atoms with Crippen LogP contribution in [0.3, 0.4) is 0 Å². The first-order chi connectivity index (χ1) is 22.6. The van der Waals surface area contributed by atoms with Gasteiger partial charge in [0.15, 0.2) is 0 Å². The topological polar surface area (TPSA) is 104 Å². The fourth-order valence-corrected chi connectivity index (χ4v) is 6.95. The Morgan fingerprint density at radius 3 is 2.11 bits per heavy atom. The van der Waals surface area contributed by atoms with Gasteiger partial charge in [0, 0.05) is 24.7 Å². The molecule has 242 valence electrons. The van der Waals surface area contributed by atoms with Crippen molar-refractivity contribution in [1.29, 1.82) is 0 Å². The number of aryl methyl sites for hydroxylation is 1. The number of hydrogen-bond donors (Lipinski definition) is 2. The van der Waals surface area contributed by atoms with Crippen molar-refractivity contribution >= 4 is 27.4 Å². The van der Waals surface area contributed by atoms with E-state index in [2.05, 4.69) is 4.90 Å². The van der Waals surface area contributed by atoms with Gasteiger partial charge < -0.3 is 14.9 Å². The maximum Gasteiger partial charge on any atom is 0.339 e. The van der Waals surface area contributed by atoms with Gasteiger partial charge in [-0.05, 0) is 77.6 Å². The quantitative estimate of drug-likeness (QED) is 0.126. The molecule has 0 unspecified atom stereocenters. The van der Waals surface area contributed by atoms with Gasteiger partial charge in [-0.15, -0.1) is 0 Å². The number of hydrogen-bond acceptors (Lipinski definition) is 6. The number of carboxylic acids is 1. The van der Waals surface area contributed by atoms with Gasteiger partial charge >= 0.3 is 5.97 Å². The van der Waals surface area contributed by atoms with Crippen molar-refractivity contribution in [3.8, 4) is 5.75 Å². The van der Waals surface area contributed by atoms with Crippen molar-refractivity contribution in [2.75, 3.05) is 13.1 Å². The lowest BCUT2D eigenvalue weighted by Gasteiger charge is -2.25. The molecule has 47 heavy (non-hydrogen) atoms. The maximum absolute atomic E-state index is 13.6. The first-order valence-corrected chi connectivity index (χ1v) is 17.0. The molecule has 0 fully saturated rings. The van der Waals surface area contributed by atoms with E-state index in [1.807, 2.05) is 72.8 Å². The predicted octanol–water partition coefficient (Wildman–Crippen LogP) is 7.54. The van der Waals surface area contributed by atoms with Crippen molar-refractivity contribution in [3.63, 3.8) is 0 Å². The number of halogens is 1. The molecule has 0 aliphatic carbocycles. The smallest absolute Gasteiger partial charge is 0.339 e. The summed E-state index contributed by atoms with van der Waals surface area (Å²) in [5, 5.41) is 21.5. The van der Waals surface area contributed by atoms with E-state index in [4.69, 9.17) is 16.3 Å². The summed E-state index contributed by atoms with van der Waals surface area (Å²) in [5.74, 6) is -1.14. The average molecular weight is 670 g/mol. The minimum absolute atomic E-state index is 0.0625. The largest absolute Gasteiger partial charge is 0.488 e. The van der Waals surface area contributed by atoms with E-state index in [1.165, 1.54) is 6.07 Å². The molecule has 0 spiro atoms. The monoisotopic (exact) mass is 669 g/mol. The van der Waals surface area contributed by atoms with Crippen LogP contribution in [0.1, 0.15) is 44.3 Å². The van der Waals surface area contributed by atoms with Gasteiger partial charge in [-0.3, -0.25) is 4.90 Å². The number of carbonyl (C=O) groups is 1. The molecule has 0 saturated carbocycles. The van der Waals surface area contributed by atoms with E-state index in [0.29, 0.717) is 36.6 Å². The zero-order valence-corrected chi connectivity index (χ0v) is 27.5. The average Bonchev–Trinajstić information content (AvgIpc) is 3.07. The minimum atomic E-state index is -4.01. The minimum Gasteiger partial charge on any atom is -0.488 e. The van der Waals surface area contributed by atoms with Crippen molar-refractivity contribution in [2.45, 2.75) is 42.4 Å². The van der Waals surface area contributed by atoms with Crippen molar-refractivity contribution in [3.05, 3.63) is 160 Å². The number of carboxylic acid groups (broad SMARTS) is 1. The number of sulfone groups is 1. The molecule has 0 bridgehead atoms. The lowest BCUT2D eigenvalue weighted by atomic mass is 10.1. The van der Waals surface area contributed by atoms with Crippen LogP contribution < -0.4 is 4.74 Å². The third-order valence-corrected chi connectivity index (χ3v) is 9.86. The normalized spacial score (nSPS) is 12.2. The van der Waals surface area contributed by atoms with E-state index in [0.717, 1.165) is 28.3 Å². The van der Waals surface area contributed by atoms with Crippen LogP contribution in [-0.4, -0.2) is 42.6 Å². The molecule has 0 radical (unpaired) electrons. The summed E-state index contributed by atoms with van der Waals surface area (Å²) in [6, 6.07) is 35.7. The van der Waals surface area contributed by atoms with Crippen LogP contribution in [0.4, 0.5) is 0 Å². The number of aromatic carboxylic acids is 1. The molecule has 7 nitrogen and oxygen atoms in total. The maximum atomic E-state index is 13.6. The van der Waals surface area contributed by atoms with E-state index >= 15 is 0 Å². The Morgan fingerprint density at radius 2 is 1.47 bits per heavy atom. The predicted molar refractivity (Wildman–Crippen MR) is 183 cm³/mol. The van der Waals surface area contributed by atoms with Crippen LogP contribution in [0.25, 0.3) is 0 Å². The summed E-state index contributed by atoms with van der Waals surface area (Å²) < 4.78 is 33.1. The molecule has 0 saturated heterocycles. The van der Waals surface area contributed by atoms with Crippen molar-refractivity contribution < 1.29 is 28.2 Å². The molecule has 5 aromatic carbocycles. The molecule has 0 amide bonds. The highest BCUT2D eigenvalue weighted by Gasteiger charge is 2.24. The standard InChI is InChI=1S/C38H36ClNO6S/c1-27-21-34(23-35(38(42)43)37(27)46-26-30-11-6-3-7-12-30)47(44,45)33-17-15-28(16-18-33)19-20-40(24-29-9-4-2-5-10-29)25-36(41)31-13-8-14-32(39)22-31/h2-18,21-23,36,41H,19-20,24-26H2,1H3,(H,42,43)/t36-/m0/s1. The van der Waals surface area contributed by atoms with Crippen LogP contribution in [0.15, 0.2) is 131 Å². The summed E-state index contributed by atoms with van der Waals surface area (Å²) in [6.45, 7) is 3.42. The van der Waals surface area contributed by atoms with Gasteiger partial charge in [0.25, 0.3) is 0 Å². The fourth-order valence-electron chi connectivity index (χ4n) is 5.38. The Kier molecular flexibility index (Phi) is 11.1.